The normalized spacial score (nSPS) is 32.4. The number of hydrogen-bond donors (Lipinski definition) is 1. The summed E-state index contributed by atoms with van der Waals surface area (Å²) in [7, 11) is 0. The number of rotatable bonds is 4. The Hall–Kier alpha value is -2.12. The van der Waals surface area contributed by atoms with Gasteiger partial charge in [-0.15, -0.1) is 0 Å². The van der Waals surface area contributed by atoms with Gasteiger partial charge in [0.05, 0.1) is 30.9 Å². The highest BCUT2D eigenvalue weighted by Crippen LogP contribution is 2.36. The van der Waals surface area contributed by atoms with Crippen LogP contribution in [0.25, 0.3) is 0 Å². The van der Waals surface area contributed by atoms with Gasteiger partial charge in [-0.3, -0.25) is 4.79 Å². The SMILES string of the molecule is CC1OC[C@@]2(CCCN(C(=O)OC(C)(C)C)[C@H]2CO[C@H]2CC[C@@H](c3ccccc3)CC2)NC1=O. The Balaban J connectivity index is 1.44. The van der Waals surface area contributed by atoms with Crippen LogP contribution in [0, 0.1) is 0 Å². The lowest BCUT2D eigenvalue weighted by molar-refractivity contribution is -0.154. The Morgan fingerprint density at radius 3 is 2.53 bits per heavy atom. The molecule has 3 aliphatic rings. The van der Waals surface area contributed by atoms with Crippen molar-refractivity contribution in [1.82, 2.24) is 10.2 Å². The van der Waals surface area contributed by atoms with Crippen LogP contribution in [0.3, 0.4) is 0 Å². The fourth-order valence-electron chi connectivity index (χ4n) is 5.54. The number of hydrogen-bond acceptors (Lipinski definition) is 5. The Labute approximate surface area is 203 Å². The number of benzene rings is 1. The second-order valence-corrected chi connectivity index (χ2v) is 11.1. The van der Waals surface area contributed by atoms with E-state index < -0.39 is 17.2 Å². The van der Waals surface area contributed by atoms with Crippen molar-refractivity contribution in [3.05, 3.63) is 35.9 Å². The van der Waals surface area contributed by atoms with Crippen LogP contribution in [0.5, 0.6) is 0 Å². The van der Waals surface area contributed by atoms with Crippen LogP contribution in [-0.2, 0) is 19.0 Å². The minimum Gasteiger partial charge on any atom is -0.444 e. The molecule has 3 fully saturated rings. The maximum atomic E-state index is 13.1. The molecule has 2 amide bonds. The highest BCUT2D eigenvalue weighted by atomic mass is 16.6. The molecular formula is C27H40N2O5. The van der Waals surface area contributed by atoms with E-state index in [0.29, 0.717) is 25.7 Å². The van der Waals surface area contributed by atoms with Gasteiger partial charge in [-0.25, -0.2) is 4.79 Å². The molecule has 7 heteroatoms. The van der Waals surface area contributed by atoms with Gasteiger partial charge in [0.15, 0.2) is 0 Å². The van der Waals surface area contributed by atoms with Crippen LogP contribution >= 0.6 is 0 Å². The van der Waals surface area contributed by atoms with Crippen LogP contribution in [0.15, 0.2) is 30.3 Å². The maximum Gasteiger partial charge on any atom is 0.410 e. The first kappa shape index (κ1) is 25.0. The highest BCUT2D eigenvalue weighted by molar-refractivity contribution is 5.82. The van der Waals surface area contributed by atoms with E-state index in [1.165, 1.54) is 5.56 Å². The Morgan fingerprint density at radius 1 is 1.18 bits per heavy atom. The summed E-state index contributed by atoms with van der Waals surface area (Å²) in [5, 5.41) is 3.20. The zero-order valence-electron chi connectivity index (χ0n) is 21.0. The van der Waals surface area contributed by atoms with E-state index in [1.807, 2.05) is 20.8 Å². The van der Waals surface area contributed by atoms with Crippen molar-refractivity contribution >= 4 is 12.0 Å². The van der Waals surface area contributed by atoms with E-state index in [2.05, 4.69) is 35.6 Å². The average Bonchev–Trinajstić information content (AvgIpc) is 2.80. The third kappa shape index (κ3) is 5.74. The molecule has 3 atom stereocenters. The molecule has 4 rings (SSSR count). The van der Waals surface area contributed by atoms with Crippen LogP contribution in [0.2, 0.25) is 0 Å². The number of morpholine rings is 1. The van der Waals surface area contributed by atoms with Crippen molar-refractivity contribution < 1.29 is 23.8 Å². The molecule has 1 spiro atoms. The Kier molecular flexibility index (Phi) is 7.53. The number of likely N-dealkylation sites (tertiary alicyclic amines) is 1. The van der Waals surface area contributed by atoms with E-state index in [0.717, 1.165) is 38.5 Å². The third-order valence-corrected chi connectivity index (χ3v) is 7.43. The lowest BCUT2D eigenvalue weighted by Crippen LogP contribution is -2.73. The van der Waals surface area contributed by atoms with Crippen LogP contribution in [0.1, 0.15) is 77.7 Å². The standard InChI is InChI=1S/C27H40N2O5/c1-19-24(30)28-27(18-33-19)15-8-16-29(25(31)34-26(2,3)4)23(27)17-32-22-13-11-21(12-14-22)20-9-6-5-7-10-20/h5-7,9-10,19,21-23H,8,11-18H2,1-4H3,(H,28,30)/t19?,21-,22+,23-,27+/m0/s1. The molecule has 2 aliphatic heterocycles. The lowest BCUT2D eigenvalue weighted by Gasteiger charge is -2.52. The first-order chi connectivity index (χ1) is 16.2. The minimum absolute atomic E-state index is 0.134. The summed E-state index contributed by atoms with van der Waals surface area (Å²) >= 11 is 0. The number of carbonyl (C=O) groups is 2. The first-order valence-electron chi connectivity index (χ1n) is 12.8. The maximum absolute atomic E-state index is 13.1. The second-order valence-electron chi connectivity index (χ2n) is 11.1. The van der Waals surface area contributed by atoms with Crippen molar-refractivity contribution in [2.24, 2.45) is 0 Å². The van der Waals surface area contributed by atoms with Crippen LogP contribution in [-0.4, -0.2) is 66.0 Å². The fourth-order valence-corrected chi connectivity index (χ4v) is 5.54. The molecule has 0 bridgehead atoms. The van der Waals surface area contributed by atoms with Gasteiger partial charge >= 0.3 is 6.09 Å². The molecule has 34 heavy (non-hydrogen) atoms. The van der Waals surface area contributed by atoms with Gasteiger partial charge in [0.1, 0.15) is 11.7 Å². The van der Waals surface area contributed by atoms with Gasteiger partial charge in [0, 0.05) is 6.54 Å². The molecule has 7 nitrogen and oxygen atoms in total. The van der Waals surface area contributed by atoms with E-state index in [4.69, 9.17) is 14.2 Å². The number of nitrogens with one attached hydrogen (secondary N) is 1. The third-order valence-electron chi connectivity index (χ3n) is 7.43. The monoisotopic (exact) mass is 472 g/mol. The van der Waals surface area contributed by atoms with Gasteiger partial charge < -0.3 is 24.4 Å². The summed E-state index contributed by atoms with van der Waals surface area (Å²) in [5.41, 5.74) is 0.156. The van der Waals surface area contributed by atoms with E-state index >= 15 is 0 Å². The van der Waals surface area contributed by atoms with Crippen molar-refractivity contribution in [3.63, 3.8) is 0 Å². The number of ether oxygens (including phenoxy) is 3. The average molecular weight is 473 g/mol. The molecule has 1 saturated carbocycles. The zero-order chi connectivity index (χ0) is 24.3. The molecule has 0 radical (unpaired) electrons. The van der Waals surface area contributed by atoms with Gasteiger partial charge in [0.2, 0.25) is 5.91 Å². The summed E-state index contributed by atoms with van der Waals surface area (Å²) in [4.78, 5) is 27.5. The molecule has 188 valence electrons. The predicted octanol–water partition coefficient (Wildman–Crippen LogP) is 4.40. The van der Waals surface area contributed by atoms with E-state index in [9.17, 15) is 9.59 Å². The largest absolute Gasteiger partial charge is 0.444 e. The number of piperidine rings is 1. The number of carbonyl (C=O) groups excluding carboxylic acids is 2. The molecule has 1 aliphatic carbocycles. The fraction of sp³-hybridized carbons (Fsp3) is 0.704. The van der Waals surface area contributed by atoms with E-state index in [1.54, 1.807) is 11.8 Å². The smallest absolute Gasteiger partial charge is 0.410 e. The Bertz CT molecular complexity index is 846. The molecular weight excluding hydrogens is 432 g/mol. The minimum atomic E-state index is -0.653. The highest BCUT2D eigenvalue weighted by Gasteiger charge is 2.51. The Morgan fingerprint density at radius 2 is 1.88 bits per heavy atom. The van der Waals surface area contributed by atoms with Crippen molar-refractivity contribution in [2.75, 3.05) is 19.8 Å². The molecule has 2 heterocycles. The topological polar surface area (TPSA) is 77.1 Å². The van der Waals surface area contributed by atoms with Crippen LogP contribution < -0.4 is 5.32 Å². The molecule has 1 aromatic carbocycles. The molecule has 0 aromatic heterocycles. The summed E-state index contributed by atoms with van der Waals surface area (Å²) in [6.45, 7) is 8.67. The lowest BCUT2D eigenvalue weighted by atomic mass is 9.80. The summed E-state index contributed by atoms with van der Waals surface area (Å²) in [5.74, 6) is 0.443. The summed E-state index contributed by atoms with van der Waals surface area (Å²) in [6, 6.07) is 10.4. The van der Waals surface area contributed by atoms with Gasteiger partial charge in [-0.1, -0.05) is 30.3 Å². The quantitative estimate of drug-likeness (QED) is 0.703. The molecule has 1 N–H and O–H groups in total. The molecule has 2 saturated heterocycles. The van der Waals surface area contributed by atoms with Crippen molar-refractivity contribution in [3.8, 4) is 0 Å². The van der Waals surface area contributed by atoms with Gasteiger partial charge in [-0.05, 0) is 77.7 Å². The predicted molar refractivity (Wildman–Crippen MR) is 130 cm³/mol. The second kappa shape index (κ2) is 10.2. The zero-order valence-corrected chi connectivity index (χ0v) is 21.0. The van der Waals surface area contributed by atoms with Crippen molar-refractivity contribution in [2.45, 2.75) is 102 Å². The molecule has 1 unspecified atom stereocenters. The summed E-state index contributed by atoms with van der Waals surface area (Å²) in [6.07, 6.45) is 5.00. The summed E-state index contributed by atoms with van der Waals surface area (Å²) < 4.78 is 18.0. The number of nitrogens with zero attached hydrogens (tertiary/aromatic N) is 1. The van der Waals surface area contributed by atoms with E-state index in [-0.39, 0.29) is 24.1 Å². The van der Waals surface area contributed by atoms with Gasteiger partial charge in [-0.2, -0.15) is 0 Å². The molecule has 1 aromatic rings. The van der Waals surface area contributed by atoms with Crippen molar-refractivity contribution in [1.29, 1.82) is 0 Å². The van der Waals surface area contributed by atoms with Gasteiger partial charge in [0.25, 0.3) is 0 Å². The number of amides is 2. The van der Waals surface area contributed by atoms with Crippen LogP contribution in [0.4, 0.5) is 4.79 Å². The first-order valence-corrected chi connectivity index (χ1v) is 12.8.